The summed E-state index contributed by atoms with van der Waals surface area (Å²) in [5.41, 5.74) is 1.38. The zero-order valence-electron chi connectivity index (χ0n) is 6.59. The van der Waals surface area contributed by atoms with Crippen LogP contribution in [0.25, 0.3) is 0 Å². The van der Waals surface area contributed by atoms with Gasteiger partial charge in [0.2, 0.25) is 0 Å². The zero-order chi connectivity index (χ0) is 5.82. The second kappa shape index (κ2) is 7.43. The van der Waals surface area contributed by atoms with Gasteiger partial charge in [-0.2, -0.15) is 35.9 Å². The van der Waals surface area contributed by atoms with Crippen LogP contribution in [-0.2, 0) is 39.1 Å². The van der Waals surface area contributed by atoms with Crippen LogP contribution in [0.15, 0.2) is 24.3 Å². The van der Waals surface area contributed by atoms with E-state index in [-0.39, 0.29) is 40.1 Å². The van der Waals surface area contributed by atoms with Gasteiger partial charge in [0, 0.05) is 32.7 Å². The molecule has 0 bridgehead atoms. The molecule has 0 saturated heterocycles. The number of hydrogen-bond acceptors (Lipinski definition) is 0. The van der Waals surface area contributed by atoms with E-state index in [1.165, 1.54) is 5.56 Å². The molecule has 0 aromatic heterocycles. The Morgan fingerprint density at radius 1 is 1.30 bits per heavy atom. The molecule has 10 heavy (non-hydrogen) atoms. The summed E-state index contributed by atoms with van der Waals surface area (Å²) in [7, 11) is 0. The number of aryl methyl sites for hydroxylation is 1. The molecule has 0 saturated carbocycles. The Morgan fingerprint density at radius 2 is 1.80 bits per heavy atom. The summed E-state index contributed by atoms with van der Waals surface area (Å²) in [6, 6.07) is 11.0. The average Bonchev–Trinajstić information content (AvgIpc) is 1.90. The molecule has 0 aliphatic heterocycles. The van der Waals surface area contributed by atoms with Crippen molar-refractivity contribution in [2.45, 2.75) is 13.3 Å². The van der Waals surface area contributed by atoms with E-state index in [2.05, 4.69) is 25.1 Å². The molecule has 0 spiro atoms. The molecule has 0 nitrogen and oxygen atoms in total. The van der Waals surface area contributed by atoms with Crippen LogP contribution in [0, 0.1) is 13.5 Å². The van der Waals surface area contributed by atoms with Gasteiger partial charge >= 0.3 is 0 Å². The molecule has 0 unspecified atom stereocenters. The van der Waals surface area contributed by atoms with Crippen LogP contribution in [0.4, 0.5) is 0 Å². The molecule has 1 rings (SSSR count). The van der Waals surface area contributed by atoms with Crippen molar-refractivity contribution in [2.75, 3.05) is 0 Å². The largest absolute Gasteiger partial charge is 0.358 e. The fourth-order valence-corrected chi connectivity index (χ4v) is 0.657. The van der Waals surface area contributed by atoms with E-state index in [1.54, 1.807) is 0 Å². The SMILES string of the molecule is CCc1cc[c-]cc1.[CH3-].[Y]. The average molecular weight is 209 g/mol. The fourth-order valence-electron chi connectivity index (χ4n) is 0.657. The van der Waals surface area contributed by atoms with Crippen LogP contribution in [0.3, 0.4) is 0 Å². The smallest absolute Gasteiger partial charge is 0 e. The van der Waals surface area contributed by atoms with Crippen LogP contribution < -0.4 is 0 Å². The minimum atomic E-state index is 0. The quantitative estimate of drug-likeness (QED) is 0.623. The molecule has 53 valence electrons. The first kappa shape index (κ1) is 13.0. The predicted molar refractivity (Wildman–Crippen MR) is 41.1 cm³/mol. The Labute approximate surface area is 88.9 Å². The summed E-state index contributed by atoms with van der Waals surface area (Å²) < 4.78 is 0. The molecule has 0 heterocycles. The van der Waals surface area contributed by atoms with Gasteiger partial charge in [-0.25, -0.2) is 0 Å². The van der Waals surface area contributed by atoms with Crippen LogP contribution in [0.5, 0.6) is 0 Å². The standard InChI is InChI=1S/C8H9.CH3.Y/c1-2-8-6-4-3-5-7-8;;/h4-7H,2H2,1H3;1H3;/q2*-1;. The molecule has 1 heteroatoms. The monoisotopic (exact) mass is 209 g/mol. The van der Waals surface area contributed by atoms with Crippen molar-refractivity contribution in [3.8, 4) is 0 Å². The van der Waals surface area contributed by atoms with E-state index in [4.69, 9.17) is 0 Å². The molecule has 0 atom stereocenters. The van der Waals surface area contributed by atoms with Crippen molar-refractivity contribution in [1.29, 1.82) is 0 Å². The maximum Gasteiger partial charge on any atom is 0 e. The fraction of sp³-hybridized carbons (Fsp3) is 0.222. The summed E-state index contributed by atoms with van der Waals surface area (Å²) in [5.74, 6) is 0. The zero-order valence-corrected chi connectivity index (χ0v) is 9.43. The second-order valence-corrected chi connectivity index (χ2v) is 1.76. The molecule has 0 fully saturated rings. The summed E-state index contributed by atoms with van der Waals surface area (Å²) in [4.78, 5) is 0. The van der Waals surface area contributed by atoms with Crippen molar-refractivity contribution in [2.24, 2.45) is 0 Å². The van der Waals surface area contributed by atoms with Crippen molar-refractivity contribution in [3.63, 3.8) is 0 Å². The van der Waals surface area contributed by atoms with Crippen LogP contribution in [0.1, 0.15) is 12.5 Å². The van der Waals surface area contributed by atoms with Crippen LogP contribution >= 0.6 is 0 Å². The second-order valence-electron chi connectivity index (χ2n) is 1.76. The Hall–Kier alpha value is 0.324. The molecule has 0 aliphatic rings. The normalized spacial score (nSPS) is 7.30. The third kappa shape index (κ3) is 4.19. The van der Waals surface area contributed by atoms with Gasteiger partial charge in [-0.3, -0.25) is 0 Å². The Bertz CT molecular complexity index is 146. The summed E-state index contributed by atoms with van der Waals surface area (Å²) >= 11 is 0. The minimum absolute atomic E-state index is 0. The van der Waals surface area contributed by atoms with Gasteiger partial charge in [0.15, 0.2) is 0 Å². The molecule has 1 aromatic carbocycles. The summed E-state index contributed by atoms with van der Waals surface area (Å²) in [6.07, 6.45) is 1.12. The Balaban J connectivity index is 0. The topological polar surface area (TPSA) is 0 Å². The summed E-state index contributed by atoms with van der Waals surface area (Å²) in [5, 5.41) is 0. The third-order valence-corrected chi connectivity index (χ3v) is 1.20. The Kier molecular flexibility index (Phi) is 9.63. The molecule has 0 aliphatic carbocycles. The van der Waals surface area contributed by atoms with Crippen molar-refractivity contribution < 1.29 is 32.7 Å². The predicted octanol–water partition coefficient (Wildman–Crippen LogP) is 2.50. The minimum Gasteiger partial charge on any atom is -0.358 e. The van der Waals surface area contributed by atoms with Crippen LogP contribution in [0.2, 0.25) is 0 Å². The van der Waals surface area contributed by atoms with E-state index < -0.39 is 0 Å². The van der Waals surface area contributed by atoms with Crippen molar-refractivity contribution in [1.82, 2.24) is 0 Å². The molecule has 0 N–H and O–H groups in total. The van der Waals surface area contributed by atoms with Crippen molar-refractivity contribution in [3.05, 3.63) is 43.3 Å². The maximum absolute atomic E-state index is 2.97. The van der Waals surface area contributed by atoms with E-state index in [1.807, 2.05) is 12.1 Å². The molecule has 1 radical (unpaired) electrons. The van der Waals surface area contributed by atoms with E-state index in [0.717, 1.165) is 6.42 Å². The maximum atomic E-state index is 2.97. The van der Waals surface area contributed by atoms with E-state index in [9.17, 15) is 0 Å². The number of rotatable bonds is 1. The third-order valence-electron chi connectivity index (χ3n) is 1.20. The summed E-state index contributed by atoms with van der Waals surface area (Å²) in [6.45, 7) is 2.15. The molecular formula is C9H12Y-2. The first-order valence-corrected chi connectivity index (χ1v) is 2.88. The van der Waals surface area contributed by atoms with E-state index >= 15 is 0 Å². The molecule has 0 amide bonds. The van der Waals surface area contributed by atoms with E-state index in [0.29, 0.717) is 0 Å². The van der Waals surface area contributed by atoms with Gasteiger partial charge in [-0.15, -0.1) is 0 Å². The van der Waals surface area contributed by atoms with Crippen molar-refractivity contribution >= 4 is 0 Å². The van der Waals surface area contributed by atoms with Crippen LogP contribution in [-0.4, -0.2) is 0 Å². The molecule has 1 aromatic rings. The first-order chi connectivity index (χ1) is 3.93. The first-order valence-electron chi connectivity index (χ1n) is 2.88. The number of benzene rings is 1. The van der Waals surface area contributed by atoms with Gasteiger partial charge in [0.25, 0.3) is 0 Å². The van der Waals surface area contributed by atoms with Gasteiger partial charge in [-0.05, 0) is 0 Å². The van der Waals surface area contributed by atoms with Gasteiger partial charge < -0.3 is 7.43 Å². The van der Waals surface area contributed by atoms with Gasteiger partial charge in [-0.1, -0.05) is 13.3 Å². The Morgan fingerprint density at radius 3 is 2.10 bits per heavy atom. The number of hydrogen-bond donors (Lipinski definition) is 0. The van der Waals surface area contributed by atoms with Gasteiger partial charge in [0.05, 0.1) is 0 Å². The molecular weight excluding hydrogens is 197 g/mol. The van der Waals surface area contributed by atoms with Gasteiger partial charge in [0.1, 0.15) is 0 Å².